The van der Waals surface area contributed by atoms with Gasteiger partial charge in [0.2, 0.25) is 10.0 Å². The first-order valence-electron chi connectivity index (χ1n) is 12.4. The van der Waals surface area contributed by atoms with E-state index in [9.17, 15) is 8.42 Å². The molecule has 0 saturated heterocycles. The number of aromatic nitrogens is 2. The van der Waals surface area contributed by atoms with Crippen LogP contribution in [0.5, 0.6) is 0 Å². The Bertz CT molecular complexity index is 1130. The number of para-hydroxylation sites is 1. The molecule has 0 N–H and O–H groups in total. The van der Waals surface area contributed by atoms with E-state index in [2.05, 4.69) is 0 Å². The monoisotopic (exact) mass is 463 g/mol. The largest absolute Gasteiger partial charge is 0.247 e. The minimum absolute atomic E-state index is 0.0931. The maximum Gasteiger partial charge on any atom is 0.247 e. The lowest BCUT2D eigenvalue weighted by Crippen LogP contribution is -2.48. The highest BCUT2D eigenvalue weighted by molar-refractivity contribution is 7.89. The third kappa shape index (κ3) is 4.64. The van der Waals surface area contributed by atoms with Gasteiger partial charge in [0.1, 0.15) is 10.6 Å². The predicted octanol–water partition coefficient (Wildman–Crippen LogP) is 6.20. The van der Waals surface area contributed by atoms with Gasteiger partial charge in [0.05, 0.1) is 11.9 Å². The molecule has 0 radical (unpaired) electrons. The molecule has 3 aromatic rings. The van der Waals surface area contributed by atoms with Crippen molar-refractivity contribution in [3.8, 4) is 16.9 Å². The van der Waals surface area contributed by atoms with E-state index in [1.807, 2.05) is 65.0 Å². The van der Waals surface area contributed by atoms with Crippen molar-refractivity contribution in [2.24, 2.45) is 0 Å². The number of benzene rings is 2. The Kier molecular flexibility index (Phi) is 6.65. The summed E-state index contributed by atoms with van der Waals surface area (Å²) in [6, 6.07) is 19.7. The van der Waals surface area contributed by atoms with Crippen LogP contribution in [0.15, 0.2) is 71.8 Å². The first kappa shape index (κ1) is 22.4. The van der Waals surface area contributed by atoms with Crippen molar-refractivity contribution in [1.82, 2.24) is 14.1 Å². The van der Waals surface area contributed by atoms with E-state index in [-0.39, 0.29) is 12.1 Å². The summed E-state index contributed by atoms with van der Waals surface area (Å²) in [7, 11) is -3.72. The van der Waals surface area contributed by atoms with Crippen LogP contribution in [0.3, 0.4) is 0 Å². The number of sulfonamides is 1. The van der Waals surface area contributed by atoms with E-state index in [1.54, 1.807) is 10.9 Å². The highest BCUT2D eigenvalue weighted by Crippen LogP contribution is 2.37. The molecule has 1 heterocycles. The van der Waals surface area contributed by atoms with Crippen LogP contribution in [0, 0.1) is 0 Å². The van der Waals surface area contributed by atoms with Gasteiger partial charge in [-0.15, -0.1) is 0 Å². The lowest BCUT2D eigenvalue weighted by atomic mass is 9.91. The van der Waals surface area contributed by atoms with Gasteiger partial charge in [-0.3, -0.25) is 0 Å². The van der Waals surface area contributed by atoms with Crippen molar-refractivity contribution in [1.29, 1.82) is 0 Å². The van der Waals surface area contributed by atoms with Gasteiger partial charge in [-0.1, -0.05) is 87.1 Å². The van der Waals surface area contributed by atoms with Crippen molar-refractivity contribution < 1.29 is 8.42 Å². The second kappa shape index (κ2) is 9.82. The molecule has 174 valence electrons. The van der Waals surface area contributed by atoms with E-state index < -0.39 is 10.0 Å². The normalized spacial score (nSPS) is 18.6. The van der Waals surface area contributed by atoms with E-state index in [1.165, 1.54) is 12.8 Å². The molecule has 5 rings (SSSR count). The Morgan fingerprint density at radius 3 is 1.79 bits per heavy atom. The molecule has 5 nitrogen and oxygen atoms in total. The average Bonchev–Trinajstić information content (AvgIpc) is 3.33. The molecule has 2 aliphatic rings. The van der Waals surface area contributed by atoms with Crippen molar-refractivity contribution in [3.05, 3.63) is 66.9 Å². The molecular weight excluding hydrogens is 430 g/mol. The summed E-state index contributed by atoms with van der Waals surface area (Å²) in [5.41, 5.74) is 2.23. The fourth-order valence-electron chi connectivity index (χ4n) is 5.53. The lowest BCUT2D eigenvalue weighted by molar-refractivity contribution is 0.170. The zero-order valence-corrected chi connectivity index (χ0v) is 20.0. The van der Waals surface area contributed by atoms with E-state index in [4.69, 9.17) is 5.10 Å². The van der Waals surface area contributed by atoms with Gasteiger partial charge in [0.25, 0.3) is 0 Å². The smallest absolute Gasteiger partial charge is 0.239 e. The maximum absolute atomic E-state index is 14.4. The molecule has 0 aliphatic heterocycles. The minimum Gasteiger partial charge on any atom is -0.239 e. The van der Waals surface area contributed by atoms with Gasteiger partial charge in [-0.25, -0.2) is 13.1 Å². The summed E-state index contributed by atoms with van der Waals surface area (Å²) in [5, 5.41) is 4.80. The highest BCUT2D eigenvalue weighted by atomic mass is 32.2. The Morgan fingerprint density at radius 2 is 1.24 bits per heavy atom. The maximum atomic E-state index is 14.4. The Labute approximate surface area is 197 Å². The van der Waals surface area contributed by atoms with Gasteiger partial charge in [-0.05, 0) is 37.8 Å². The first-order valence-corrected chi connectivity index (χ1v) is 13.8. The van der Waals surface area contributed by atoms with Gasteiger partial charge >= 0.3 is 0 Å². The van der Waals surface area contributed by atoms with Gasteiger partial charge in [0, 0.05) is 17.6 Å². The van der Waals surface area contributed by atoms with Crippen molar-refractivity contribution in [2.45, 2.75) is 81.2 Å². The summed E-state index contributed by atoms with van der Waals surface area (Å²) >= 11 is 0. The number of hydrogen-bond donors (Lipinski definition) is 0. The zero-order valence-electron chi connectivity index (χ0n) is 19.1. The third-order valence-corrected chi connectivity index (χ3v) is 9.18. The Morgan fingerprint density at radius 1 is 0.727 bits per heavy atom. The highest BCUT2D eigenvalue weighted by Gasteiger charge is 2.40. The fourth-order valence-corrected chi connectivity index (χ4v) is 7.60. The van der Waals surface area contributed by atoms with Gasteiger partial charge < -0.3 is 0 Å². The van der Waals surface area contributed by atoms with E-state index in [0.717, 1.165) is 62.6 Å². The standard InChI is InChI=1S/C27H33N3O2S/c31-33(32,30(24-17-9-3-10-18-24)25-19-11-4-12-20-25)26-21-29(23-15-7-2-8-16-23)28-27(26)22-13-5-1-6-14-22/h1-2,5-8,13-16,21,24-25H,3-4,9-12,17-20H2. The summed E-state index contributed by atoms with van der Waals surface area (Å²) in [6.07, 6.45) is 12.4. The predicted molar refractivity (Wildman–Crippen MR) is 132 cm³/mol. The van der Waals surface area contributed by atoms with Crippen LogP contribution < -0.4 is 0 Å². The van der Waals surface area contributed by atoms with Crippen molar-refractivity contribution >= 4 is 10.0 Å². The number of hydrogen-bond acceptors (Lipinski definition) is 3. The van der Waals surface area contributed by atoms with Crippen molar-refractivity contribution in [3.63, 3.8) is 0 Å². The molecule has 2 fully saturated rings. The summed E-state index contributed by atoms with van der Waals surface area (Å²) < 4.78 is 32.5. The molecule has 2 aliphatic carbocycles. The molecule has 0 unspecified atom stereocenters. The quantitative estimate of drug-likeness (QED) is 0.438. The average molecular weight is 464 g/mol. The Hall–Kier alpha value is -2.44. The molecule has 2 aromatic carbocycles. The molecule has 1 aromatic heterocycles. The molecule has 0 spiro atoms. The van der Waals surface area contributed by atoms with Gasteiger partial charge in [0.15, 0.2) is 0 Å². The van der Waals surface area contributed by atoms with Crippen LogP contribution in [0.1, 0.15) is 64.2 Å². The molecule has 2 saturated carbocycles. The minimum atomic E-state index is -3.72. The fraction of sp³-hybridized carbons (Fsp3) is 0.444. The lowest BCUT2D eigenvalue weighted by Gasteiger charge is -2.40. The van der Waals surface area contributed by atoms with Gasteiger partial charge in [-0.2, -0.15) is 9.40 Å². The van der Waals surface area contributed by atoms with Crippen LogP contribution in [0.4, 0.5) is 0 Å². The topological polar surface area (TPSA) is 55.2 Å². The van der Waals surface area contributed by atoms with E-state index >= 15 is 0 Å². The van der Waals surface area contributed by atoms with E-state index in [0.29, 0.717) is 10.6 Å². The number of nitrogens with zero attached hydrogens (tertiary/aromatic N) is 3. The molecule has 6 heteroatoms. The zero-order chi connectivity index (χ0) is 22.7. The summed E-state index contributed by atoms with van der Waals surface area (Å²) in [4.78, 5) is 0.327. The van der Waals surface area contributed by atoms with Crippen molar-refractivity contribution in [2.75, 3.05) is 0 Å². The SMILES string of the molecule is O=S(=O)(c1cn(-c2ccccc2)nc1-c1ccccc1)N(C1CCCCC1)C1CCCCC1. The van der Waals surface area contributed by atoms with Crippen LogP contribution >= 0.6 is 0 Å². The Balaban J connectivity index is 1.63. The third-order valence-electron chi connectivity index (χ3n) is 7.17. The second-order valence-corrected chi connectivity index (χ2v) is 11.2. The van der Waals surface area contributed by atoms with Crippen LogP contribution in [0.25, 0.3) is 16.9 Å². The van der Waals surface area contributed by atoms with Crippen LogP contribution in [0.2, 0.25) is 0 Å². The molecule has 0 atom stereocenters. The number of rotatable bonds is 6. The second-order valence-electron chi connectivity index (χ2n) is 9.41. The molecule has 0 bridgehead atoms. The molecule has 0 amide bonds. The first-order chi connectivity index (χ1) is 16.1. The summed E-state index contributed by atoms with van der Waals surface area (Å²) in [5.74, 6) is 0. The van der Waals surface area contributed by atoms with Crippen LogP contribution in [-0.4, -0.2) is 34.6 Å². The summed E-state index contributed by atoms with van der Waals surface area (Å²) in [6.45, 7) is 0. The molecular formula is C27H33N3O2S. The molecule has 33 heavy (non-hydrogen) atoms. The van der Waals surface area contributed by atoms with Crippen LogP contribution in [-0.2, 0) is 10.0 Å².